The topological polar surface area (TPSA) is 87.4 Å². The molecule has 1 aliphatic rings. The maximum absolute atomic E-state index is 6.20. The monoisotopic (exact) mass is 393 g/mol. The summed E-state index contributed by atoms with van der Waals surface area (Å²) in [5, 5.41) is 10.3. The van der Waals surface area contributed by atoms with Gasteiger partial charge in [-0.05, 0) is 30.5 Å². The van der Waals surface area contributed by atoms with Crippen LogP contribution in [0.25, 0.3) is 22.2 Å². The number of nitrogens with zero attached hydrogens (tertiary/aromatic N) is 6. The molecule has 0 bridgehead atoms. The van der Waals surface area contributed by atoms with Gasteiger partial charge in [0.2, 0.25) is 0 Å². The third-order valence-electron chi connectivity index (χ3n) is 5.43. The first-order valence-corrected chi connectivity index (χ1v) is 9.83. The third kappa shape index (κ3) is 3.01. The standard InChI is InChI=1S/C20H20ClN7/c21-14-7-5-13(6-8-14)17-11-27(20-18(17)19(22)23-12-24-20)9-15-10-28(26-25-15)16-3-1-2-4-16/h5-8,10-12,16H,1-4,9H2,(H2,22,23,24). The van der Waals surface area contributed by atoms with E-state index in [1.807, 2.05) is 41.3 Å². The minimum Gasteiger partial charge on any atom is -0.383 e. The molecule has 0 unspecified atom stereocenters. The van der Waals surface area contributed by atoms with Gasteiger partial charge >= 0.3 is 0 Å². The summed E-state index contributed by atoms with van der Waals surface area (Å²) in [6, 6.07) is 8.17. The molecule has 3 aromatic heterocycles. The summed E-state index contributed by atoms with van der Waals surface area (Å²) >= 11 is 6.05. The maximum atomic E-state index is 6.20. The smallest absolute Gasteiger partial charge is 0.146 e. The molecule has 2 N–H and O–H groups in total. The molecule has 1 saturated carbocycles. The van der Waals surface area contributed by atoms with E-state index in [0.29, 0.717) is 23.4 Å². The number of halogens is 1. The summed E-state index contributed by atoms with van der Waals surface area (Å²) in [6.07, 6.45) is 10.5. The highest BCUT2D eigenvalue weighted by atomic mass is 35.5. The highest BCUT2D eigenvalue weighted by Gasteiger charge is 2.19. The van der Waals surface area contributed by atoms with Crippen molar-refractivity contribution in [3.63, 3.8) is 0 Å². The van der Waals surface area contributed by atoms with Crippen molar-refractivity contribution < 1.29 is 0 Å². The Balaban J connectivity index is 1.54. The van der Waals surface area contributed by atoms with Crippen molar-refractivity contribution in [3.8, 4) is 11.1 Å². The lowest BCUT2D eigenvalue weighted by molar-refractivity contribution is 0.454. The molecule has 8 heteroatoms. The zero-order chi connectivity index (χ0) is 19.1. The molecule has 1 aliphatic carbocycles. The van der Waals surface area contributed by atoms with Crippen molar-refractivity contribution in [1.29, 1.82) is 0 Å². The van der Waals surface area contributed by atoms with Gasteiger partial charge in [0.15, 0.2) is 0 Å². The van der Waals surface area contributed by atoms with Crippen LogP contribution in [-0.4, -0.2) is 29.5 Å². The predicted octanol–water partition coefficient (Wildman–Crippen LogP) is 4.09. The van der Waals surface area contributed by atoms with Crippen molar-refractivity contribution in [2.75, 3.05) is 5.73 Å². The molecule has 3 heterocycles. The predicted molar refractivity (Wildman–Crippen MR) is 109 cm³/mol. The fraction of sp³-hybridized carbons (Fsp3) is 0.300. The molecule has 142 valence electrons. The Hall–Kier alpha value is -2.93. The number of fused-ring (bicyclic) bond motifs is 1. The molecule has 1 fully saturated rings. The van der Waals surface area contributed by atoms with Crippen LogP contribution in [0.2, 0.25) is 5.02 Å². The number of hydrogen-bond acceptors (Lipinski definition) is 5. The molecule has 0 aliphatic heterocycles. The van der Waals surface area contributed by atoms with Gasteiger partial charge in [-0.25, -0.2) is 14.6 Å². The average Bonchev–Trinajstić information content (AvgIpc) is 3.43. The summed E-state index contributed by atoms with van der Waals surface area (Å²) in [6.45, 7) is 0.577. The highest BCUT2D eigenvalue weighted by Crippen LogP contribution is 2.33. The fourth-order valence-corrected chi connectivity index (χ4v) is 4.15. The molecule has 0 spiro atoms. The average molecular weight is 394 g/mol. The summed E-state index contributed by atoms with van der Waals surface area (Å²) in [4.78, 5) is 8.66. The minimum absolute atomic E-state index is 0.461. The van der Waals surface area contributed by atoms with Crippen LogP contribution >= 0.6 is 11.6 Å². The number of hydrogen-bond donors (Lipinski definition) is 1. The number of nitrogens with two attached hydrogens (primary N) is 1. The Morgan fingerprint density at radius 1 is 1.07 bits per heavy atom. The van der Waals surface area contributed by atoms with Crippen LogP contribution in [0, 0.1) is 0 Å². The van der Waals surface area contributed by atoms with Crippen LogP contribution in [0.3, 0.4) is 0 Å². The molecule has 28 heavy (non-hydrogen) atoms. The summed E-state index contributed by atoms with van der Waals surface area (Å²) in [7, 11) is 0. The molecule has 0 radical (unpaired) electrons. The first-order chi connectivity index (χ1) is 13.7. The van der Waals surface area contributed by atoms with Crippen molar-refractivity contribution in [3.05, 3.63) is 53.7 Å². The number of benzene rings is 1. The van der Waals surface area contributed by atoms with E-state index < -0.39 is 0 Å². The second-order valence-corrected chi connectivity index (χ2v) is 7.70. The van der Waals surface area contributed by atoms with Crippen LogP contribution in [-0.2, 0) is 6.54 Å². The Labute approximate surface area is 167 Å². The number of anilines is 1. The number of nitrogen functional groups attached to an aromatic ring is 1. The molecule has 0 saturated heterocycles. The second kappa shape index (κ2) is 6.91. The van der Waals surface area contributed by atoms with Gasteiger partial charge in [0.05, 0.1) is 24.2 Å². The van der Waals surface area contributed by atoms with Crippen LogP contribution < -0.4 is 5.73 Å². The van der Waals surface area contributed by atoms with E-state index in [0.717, 1.165) is 27.9 Å². The zero-order valence-electron chi connectivity index (χ0n) is 15.3. The highest BCUT2D eigenvalue weighted by molar-refractivity contribution is 6.30. The Bertz CT molecular complexity index is 1120. The van der Waals surface area contributed by atoms with E-state index in [4.69, 9.17) is 17.3 Å². The lowest BCUT2D eigenvalue weighted by atomic mass is 10.1. The molecule has 7 nitrogen and oxygen atoms in total. The Morgan fingerprint density at radius 2 is 1.86 bits per heavy atom. The van der Waals surface area contributed by atoms with Gasteiger partial charge in [-0.2, -0.15) is 0 Å². The van der Waals surface area contributed by atoms with Crippen LogP contribution in [0.4, 0.5) is 5.82 Å². The van der Waals surface area contributed by atoms with E-state index in [-0.39, 0.29) is 0 Å². The van der Waals surface area contributed by atoms with Gasteiger partial charge in [-0.15, -0.1) is 5.10 Å². The first-order valence-electron chi connectivity index (χ1n) is 9.45. The Kier molecular flexibility index (Phi) is 4.24. The van der Waals surface area contributed by atoms with Crippen molar-refractivity contribution >= 4 is 28.5 Å². The Morgan fingerprint density at radius 3 is 2.64 bits per heavy atom. The van der Waals surface area contributed by atoms with Crippen molar-refractivity contribution in [2.24, 2.45) is 0 Å². The van der Waals surface area contributed by atoms with Gasteiger partial charge in [0.25, 0.3) is 0 Å². The molecule has 5 rings (SSSR count). The summed E-state index contributed by atoms with van der Waals surface area (Å²) in [5.74, 6) is 0.461. The third-order valence-corrected chi connectivity index (χ3v) is 5.68. The largest absolute Gasteiger partial charge is 0.383 e. The maximum Gasteiger partial charge on any atom is 0.146 e. The molecular formula is C20H20ClN7. The number of rotatable bonds is 4. The zero-order valence-corrected chi connectivity index (χ0v) is 16.0. The van der Waals surface area contributed by atoms with Crippen LogP contribution in [0.1, 0.15) is 37.4 Å². The van der Waals surface area contributed by atoms with Gasteiger partial charge in [-0.1, -0.05) is 41.8 Å². The molecular weight excluding hydrogens is 374 g/mol. The van der Waals surface area contributed by atoms with E-state index >= 15 is 0 Å². The van der Waals surface area contributed by atoms with Gasteiger partial charge in [0.1, 0.15) is 23.5 Å². The number of aromatic nitrogens is 6. The second-order valence-electron chi connectivity index (χ2n) is 7.26. The van der Waals surface area contributed by atoms with Crippen molar-refractivity contribution in [1.82, 2.24) is 29.5 Å². The minimum atomic E-state index is 0.461. The summed E-state index contributed by atoms with van der Waals surface area (Å²) in [5.41, 5.74) is 9.88. The van der Waals surface area contributed by atoms with Crippen molar-refractivity contribution in [2.45, 2.75) is 38.3 Å². The lowest BCUT2D eigenvalue weighted by Gasteiger charge is -2.07. The molecule has 0 atom stereocenters. The summed E-state index contributed by atoms with van der Waals surface area (Å²) < 4.78 is 4.07. The van der Waals surface area contributed by atoms with Gasteiger partial charge < -0.3 is 10.3 Å². The van der Waals surface area contributed by atoms with E-state index in [2.05, 4.69) is 24.8 Å². The lowest BCUT2D eigenvalue weighted by Crippen LogP contribution is -2.05. The van der Waals surface area contributed by atoms with Gasteiger partial charge in [0, 0.05) is 16.8 Å². The van der Waals surface area contributed by atoms with Crippen LogP contribution in [0.5, 0.6) is 0 Å². The normalized spacial score (nSPS) is 14.9. The van der Waals surface area contributed by atoms with Crippen LogP contribution in [0.15, 0.2) is 43.0 Å². The van der Waals surface area contributed by atoms with E-state index in [1.54, 1.807) is 0 Å². The van der Waals surface area contributed by atoms with E-state index in [1.165, 1.54) is 32.0 Å². The first kappa shape index (κ1) is 17.2. The van der Waals surface area contributed by atoms with Gasteiger partial charge in [-0.3, -0.25) is 0 Å². The SMILES string of the molecule is Nc1ncnc2c1c(-c1ccc(Cl)cc1)cn2Cc1cn(C2CCCC2)nn1. The molecule has 4 aromatic rings. The van der Waals surface area contributed by atoms with E-state index in [9.17, 15) is 0 Å². The molecule has 1 aromatic carbocycles. The molecule has 0 amide bonds. The fourth-order valence-electron chi connectivity index (χ4n) is 4.02. The quantitative estimate of drug-likeness (QED) is 0.564.